The molecule has 4 N–H and O–H groups in total. The summed E-state index contributed by atoms with van der Waals surface area (Å²) in [5, 5.41) is 31.8. The van der Waals surface area contributed by atoms with Gasteiger partial charge in [-0.1, -0.05) is 60.7 Å². The Hall–Kier alpha value is -5.70. The molecule has 40 heavy (non-hydrogen) atoms. The monoisotopic (exact) mass is 532 g/mol. The Morgan fingerprint density at radius 3 is 1.77 bits per heavy atom. The van der Waals surface area contributed by atoms with Crippen molar-refractivity contribution < 1.29 is 24.5 Å². The highest BCUT2D eigenvalue weighted by atomic mass is 16.5. The number of hydrazone groups is 2. The Morgan fingerprint density at radius 2 is 1.20 bits per heavy atom. The zero-order valence-corrected chi connectivity index (χ0v) is 21.1. The highest BCUT2D eigenvalue weighted by molar-refractivity contribution is 6.04. The first-order valence-electron chi connectivity index (χ1n) is 12.3. The summed E-state index contributed by atoms with van der Waals surface area (Å²) < 4.78 is 5.47. The van der Waals surface area contributed by atoms with Crippen molar-refractivity contribution in [3.8, 4) is 17.2 Å². The van der Waals surface area contributed by atoms with Crippen molar-refractivity contribution in [2.45, 2.75) is 0 Å². The lowest BCUT2D eigenvalue weighted by Crippen LogP contribution is -2.24. The van der Waals surface area contributed by atoms with Gasteiger partial charge >= 0.3 is 0 Å². The number of carbonyl (C=O) groups excluding carboxylic acids is 2. The Bertz CT molecular complexity index is 1760. The Labute approximate surface area is 229 Å². The second-order valence-corrected chi connectivity index (χ2v) is 8.74. The smallest absolute Gasteiger partial charge is 0.277 e. The molecular formula is C31H24N4O5. The molecule has 0 aliphatic rings. The molecule has 0 bridgehead atoms. The fourth-order valence-electron chi connectivity index (χ4n) is 4.11. The normalized spacial score (nSPS) is 11.3. The van der Waals surface area contributed by atoms with E-state index in [0.29, 0.717) is 22.4 Å². The van der Waals surface area contributed by atoms with Crippen molar-refractivity contribution in [1.82, 2.24) is 10.9 Å². The van der Waals surface area contributed by atoms with E-state index in [1.54, 1.807) is 36.4 Å². The lowest BCUT2D eigenvalue weighted by molar-refractivity contribution is -0.123. The third-order valence-corrected chi connectivity index (χ3v) is 6.12. The average molecular weight is 533 g/mol. The van der Waals surface area contributed by atoms with Crippen LogP contribution in [-0.2, 0) is 4.79 Å². The van der Waals surface area contributed by atoms with Gasteiger partial charge in [0.25, 0.3) is 11.8 Å². The van der Waals surface area contributed by atoms with E-state index in [9.17, 15) is 19.8 Å². The van der Waals surface area contributed by atoms with Gasteiger partial charge in [0.1, 0.15) is 17.2 Å². The first-order valence-corrected chi connectivity index (χ1v) is 12.3. The van der Waals surface area contributed by atoms with Gasteiger partial charge in [0.05, 0.1) is 12.4 Å². The maximum absolute atomic E-state index is 12.5. The van der Waals surface area contributed by atoms with Crippen LogP contribution in [0.25, 0.3) is 21.5 Å². The third kappa shape index (κ3) is 5.89. The van der Waals surface area contributed by atoms with Gasteiger partial charge < -0.3 is 14.9 Å². The standard InChI is InChI=1S/C31H24N4O5/c36-28-15-11-20-5-1-3-7-24(20)26(28)17-32-34-30(38)19-40-23-13-9-22(10-14-23)31(39)35-33-18-27-25-8-4-2-6-21(25)12-16-29(27)37/h1-18,36-37H,19H2,(H,34,38)(H,35,39)/b32-17+,33-18+. The van der Waals surface area contributed by atoms with Gasteiger partial charge in [0, 0.05) is 16.7 Å². The molecule has 5 aromatic carbocycles. The van der Waals surface area contributed by atoms with Gasteiger partial charge in [-0.25, -0.2) is 10.9 Å². The Kier molecular flexibility index (Phi) is 7.64. The van der Waals surface area contributed by atoms with Gasteiger partial charge in [-0.2, -0.15) is 10.2 Å². The van der Waals surface area contributed by atoms with Gasteiger partial charge in [-0.15, -0.1) is 0 Å². The number of aromatic hydroxyl groups is 2. The van der Waals surface area contributed by atoms with E-state index in [4.69, 9.17) is 4.74 Å². The first kappa shape index (κ1) is 25.9. The number of nitrogens with zero attached hydrogens (tertiary/aromatic N) is 2. The topological polar surface area (TPSA) is 133 Å². The molecule has 9 heteroatoms. The lowest BCUT2D eigenvalue weighted by Gasteiger charge is -2.07. The van der Waals surface area contributed by atoms with Crippen LogP contribution in [0.5, 0.6) is 17.2 Å². The van der Waals surface area contributed by atoms with Crippen molar-refractivity contribution in [3.05, 3.63) is 114 Å². The molecule has 0 fully saturated rings. The van der Waals surface area contributed by atoms with Crippen LogP contribution in [-0.4, -0.2) is 41.1 Å². The molecule has 0 spiro atoms. The zero-order chi connectivity index (χ0) is 27.9. The fourth-order valence-corrected chi connectivity index (χ4v) is 4.11. The van der Waals surface area contributed by atoms with E-state index in [0.717, 1.165) is 21.5 Å². The SMILES string of the molecule is O=C(COc1ccc(C(=O)N/N=C/c2c(O)ccc3ccccc23)cc1)N/N=C/c1c(O)ccc2ccccc12. The Morgan fingerprint density at radius 1 is 0.675 bits per heavy atom. The number of amides is 2. The maximum atomic E-state index is 12.5. The summed E-state index contributed by atoms with van der Waals surface area (Å²) in [5.74, 6) is -0.462. The number of benzene rings is 5. The van der Waals surface area contributed by atoms with Crippen molar-refractivity contribution in [3.63, 3.8) is 0 Å². The summed E-state index contributed by atoms with van der Waals surface area (Å²) in [5.41, 5.74) is 6.13. The highest BCUT2D eigenvalue weighted by Crippen LogP contribution is 2.26. The number of fused-ring (bicyclic) bond motifs is 2. The van der Waals surface area contributed by atoms with Crippen molar-refractivity contribution in [2.75, 3.05) is 6.61 Å². The van der Waals surface area contributed by atoms with Crippen LogP contribution in [0, 0.1) is 0 Å². The van der Waals surface area contributed by atoms with E-state index < -0.39 is 11.8 Å². The summed E-state index contributed by atoms with van der Waals surface area (Å²) in [4.78, 5) is 24.6. The molecule has 0 atom stereocenters. The molecule has 0 saturated heterocycles. The molecule has 0 aliphatic heterocycles. The molecule has 5 rings (SSSR count). The number of ether oxygens (including phenoxy) is 1. The van der Waals surface area contributed by atoms with E-state index in [-0.39, 0.29) is 18.1 Å². The molecule has 2 amide bonds. The summed E-state index contributed by atoms with van der Waals surface area (Å²) in [6.45, 7) is -0.302. The van der Waals surface area contributed by atoms with Crippen LogP contribution < -0.4 is 15.6 Å². The van der Waals surface area contributed by atoms with Gasteiger partial charge in [0.15, 0.2) is 6.61 Å². The van der Waals surface area contributed by atoms with Crippen LogP contribution >= 0.6 is 0 Å². The van der Waals surface area contributed by atoms with Crippen LogP contribution in [0.15, 0.2) is 107 Å². The van der Waals surface area contributed by atoms with E-state index in [1.165, 1.54) is 24.6 Å². The molecule has 0 aliphatic carbocycles. The predicted octanol–water partition coefficient (Wildman–Crippen LogP) is 4.70. The molecule has 198 valence electrons. The number of hydrogen-bond donors (Lipinski definition) is 4. The molecule has 0 unspecified atom stereocenters. The molecule has 0 heterocycles. The quantitative estimate of drug-likeness (QED) is 0.170. The lowest BCUT2D eigenvalue weighted by atomic mass is 10.0. The predicted molar refractivity (Wildman–Crippen MR) is 154 cm³/mol. The van der Waals surface area contributed by atoms with Gasteiger partial charge in [0.2, 0.25) is 0 Å². The van der Waals surface area contributed by atoms with Crippen LogP contribution in [0.3, 0.4) is 0 Å². The van der Waals surface area contributed by atoms with Gasteiger partial charge in [-0.3, -0.25) is 9.59 Å². The summed E-state index contributed by atoms with van der Waals surface area (Å²) in [6, 6.07) is 28.0. The van der Waals surface area contributed by atoms with Gasteiger partial charge in [-0.05, 0) is 57.9 Å². The van der Waals surface area contributed by atoms with Crippen LogP contribution in [0.1, 0.15) is 21.5 Å². The van der Waals surface area contributed by atoms with Crippen molar-refractivity contribution >= 4 is 45.8 Å². The van der Waals surface area contributed by atoms with Crippen LogP contribution in [0.4, 0.5) is 0 Å². The number of hydrogen-bond acceptors (Lipinski definition) is 7. The number of phenolic OH excluding ortho intramolecular Hbond substituents is 2. The molecule has 5 aromatic rings. The largest absolute Gasteiger partial charge is 0.507 e. The first-order chi connectivity index (χ1) is 19.5. The van der Waals surface area contributed by atoms with Crippen LogP contribution in [0.2, 0.25) is 0 Å². The molecule has 0 radical (unpaired) electrons. The minimum absolute atomic E-state index is 0.0504. The number of phenols is 2. The Balaban J connectivity index is 1.13. The second kappa shape index (κ2) is 11.8. The molecule has 9 nitrogen and oxygen atoms in total. The molecule has 0 aromatic heterocycles. The number of carbonyl (C=O) groups is 2. The molecule has 0 saturated carbocycles. The molecular weight excluding hydrogens is 508 g/mol. The maximum Gasteiger partial charge on any atom is 0.277 e. The van der Waals surface area contributed by atoms with E-state index in [1.807, 2.05) is 48.5 Å². The minimum atomic E-state index is -0.496. The van der Waals surface area contributed by atoms with Crippen molar-refractivity contribution in [2.24, 2.45) is 10.2 Å². The number of nitrogens with one attached hydrogen (secondary N) is 2. The van der Waals surface area contributed by atoms with E-state index >= 15 is 0 Å². The summed E-state index contributed by atoms with van der Waals surface area (Å²) >= 11 is 0. The summed E-state index contributed by atoms with van der Waals surface area (Å²) in [6.07, 6.45) is 2.78. The highest BCUT2D eigenvalue weighted by Gasteiger charge is 2.08. The summed E-state index contributed by atoms with van der Waals surface area (Å²) in [7, 11) is 0. The zero-order valence-electron chi connectivity index (χ0n) is 21.1. The number of rotatable bonds is 8. The third-order valence-electron chi connectivity index (χ3n) is 6.12. The van der Waals surface area contributed by atoms with E-state index in [2.05, 4.69) is 21.1 Å². The fraction of sp³-hybridized carbons (Fsp3) is 0.0323. The second-order valence-electron chi connectivity index (χ2n) is 8.74. The minimum Gasteiger partial charge on any atom is -0.507 e. The average Bonchev–Trinajstić information content (AvgIpc) is 2.98. The van der Waals surface area contributed by atoms with Crippen molar-refractivity contribution in [1.29, 1.82) is 0 Å².